The maximum atomic E-state index is 4.69. The van der Waals surface area contributed by atoms with Gasteiger partial charge in [0, 0.05) is 23.9 Å². The van der Waals surface area contributed by atoms with Crippen molar-refractivity contribution < 1.29 is 0 Å². The minimum absolute atomic E-state index is 0.642. The number of para-hydroxylation sites is 1. The van der Waals surface area contributed by atoms with E-state index < -0.39 is 0 Å². The number of aryl methyl sites for hydroxylation is 1. The number of anilines is 2. The van der Waals surface area contributed by atoms with Crippen LogP contribution in [-0.4, -0.2) is 14.6 Å². The van der Waals surface area contributed by atoms with Gasteiger partial charge in [-0.25, -0.2) is 4.98 Å². The summed E-state index contributed by atoms with van der Waals surface area (Å²) in [5.41, 5.74) is 4.39. The van der Waals surface area contributed by atoms with Crippen LogP contribution >= 0.6 is 0 Å². The first-order chi connectivity index (χ1) is 9.81. The molecule has 0 atom stereocenters. The first-order valence-electron chi connectivity index (χ1n) is 6.98. The van der Waals surface area contributed by atoms with Gasteiger partial charge in [-0.3, -0.25) is 0 Å². The van der Waals surface area contributed by atoms with Crippen molar-refractivity contribution in [2.24, 2.45) is 0 Å². The van der Waals surface area contributed by atoms with E-state index in [9.17, 15) is 0 Å². The van der Waals surface area contributed by atoms with Crippen LogP contribution in [-0.2, 0) is 0 Å². The highest BCUT2D eigenvalue weighted by molar-refractivity contribution is 5.62. The van der Waals surface area contributed by atoms with Crippen LogP contribution < -0.4 is 5.32 Å². The van der Waals surface area contributed by atoms with Gasteiger partial charge in [-0.15, -0.1) is 0 Å². The van der Waals surface area contributed by atoms with Crippen molar-refractivity contribution in [1.29, 1.82) is 0 Å². The fourth-order valence-corrected chi connectivity index (χ4v) is 2.44. The molecule has 0 radical (unpaired) electrons. The van der Waals surface area contributed by atoms with E-state index in [0.717, 1.165) is 22.8 Å². The SMILES string of the molecule is Cc1ccccc1Nc1ccnc2cc(C3CC3)nn12. The number of benzene rings is 1. The third kappa shape index (κ3) is 1.93. The maximum absolute atomic E-state index is 4.69. The summed E-state index contributed by atoms with van der Waals surface area (Å²) in [6.45, 7) is 2.10. The molecule has 0 amide bonds. The second-order valence-electron chi connectivity index (χ2n) is 5.38. The van der Waals surface area contributed by atoms with E-state index in [-0.39, 0.29) is 0 Å². The molecule has 4 rings (SSSR count). The first-order valence-corrected chi connectivity index (χ1v) is 6.98. The third-order valence-electron chi connectivity index (χ3n) is 3.78. The lowest BCUT2D eigenvalue weighted by molar-refractivity contribution is 0.887. The Kier molecular flexibility index (Phi) is 2.49. The Morgan fingerprint density at radius 3 is 2.85 bits per heavy atom. The molecule has 4 nitrogen and oxygen atoms in total. The lowest BCUT2D eigenvalue weighted by Crippen LogP contribution is -2.01. The predicted octanol–water partition coefficient (Wildman–Crippen LogP) is 3.66. The highest BCUT2D eigenvalue weighted by Gasteiger charge is 2.26. The van der Waals surface area contributed by atoms with Gasteiger partial charge in [-0.2, -0.15) is 9.61 Å². The molecule has 0 saturated heterocycles. The van der Waals surface area contributed by atoms with Gasteiger partial charge >= 0.3 is 0 Å². The molecule has 1 aliphatic carbocycles. The first kappa shape index (κ1) is 11.5. The highest BCUT2D eigenvalue weighted by Crippen LogP contribution is 2.39. The van der Waals surface area contributed by atoms with Gasteiger partial charge < -0.3 is 5.32 Å². The third-order valence-corrected chi connectivity index (χ3v) is 3.78. The molecule has 0 unspecified atom stereocenters. The normalized spacial score (nSPS) is 14.7. The van der Waals surface area contributed by atoms with Crippen molar-refractivity contribution in [3.63, 3.8) is 0 Å². The summed E-state index contributed by atoms with van der Waals surface area (Å²) < 4.78 is 1.90. The number of hydrogen-bond acceptors (Lipinski definition) is 3. The summed E-state index contributed by atoms with van der Waals surface area (Å²) in [5, 5.41) is 8.14. The van der Waals surface area contributed by atoms with Crippen LogP contribution in [0.25, 0.3) is 5.65 Å². The van der Waals surface area contributed by atoms with Gasteiger partial charge in [0.25, 0.3) is 0 Å². The molecule has 0 aliphatic heterocycles. The fourth-order valence-electron chi connectivity index (χ4n) is 2.44. The standard InChI is InChI=1S/C16H16N4/c1-11-4-2-3-5-13(11)18-15-8-9-17-16-10-14(12-6-7-12)19-20(15)16/h2-5,8-10,12,18H,6-7H2,1H3. The van der Waals surface area contributed by atoms with Crippen molar-refractivity contribution in [2.45, 2.75) is 25.7 Å². The molecule has 1 saturated carbocycles. The van der Waals surface area contributed by atoms with Crippen molar-refractivity contribution >= 4 is 17.2 Å². The molecule has 3 aromatic rings. The minimum atomic E-state index is 0.642. The Morgan fingerprint density at radius 1 is 1.20 bits per heavy atom. The Labute approximate surface area is 117 Å². The number of nitrogens with one attached hydrogen (secondary N) is 1. The van der Waals surface area contributed by atoms with Gasteiger partial charge in [0.2, 0.25) is 0 Å². The molecule has 1 aliphatic rings. The maximum Gasteiger partial charge on any atom is 0.157 e. The number of rotatable bonds is 3. The van der Waals surface area contributed by atoms with E-state index in [1.165, 1.54) is 18.4 Å². The van der Waals surface area contributed by atoms with Crippen LogP contribution in [0.3, 0.4) is 0 Å². The smallest absolute Gasteiger partial charge is 0.157 e. The Morgan fingerprint density at radius 2 is 2.05 bits per heavy atom. The van der Waals surface area contributed by atoms with Gasteiger partial charge in [0.1, 0.15) is 5.82 Å². The van der Waals surface area contributed by atoms with E-state index in [4.69, 9.17) is 5.10 Å². The van der Waals surface area contributed by atoms with Crippen LogP contribution in [0.1, 0.15) is 30.0 Å². The van der Waals surface area contributed by atoms with E-state index in [1.807, 2.05) is 28.9 Å². The van der Waals surface area contributed by atoms with Crippen LogP contribution in [0, 0.1) is 6.92 Å². The lowest BCUT2D eigenvalue weighted by Gasteiger charge is -2.10. The second kappa shape index (κ2) is 4.34. The lowest BCUT2D eigenvalue weighted by atomic mass is 10.2. The summed E-state index contributed by atoms with van der Waals surface area (Å²) in [7, 11) is 0. The molecule has 1 fully saturated rings. The molecular formula is C16H16N4. The molecule has 4 heteroatoms. The van der Waals surface area contributed by atoms with E-state index in [2.05, 4.69) is 35.4 Å². The summed E-state index contributed by atoms with van der Waals surface area (Å²) in [6, 6.07) is 12.3. The minimum Gasteiger partial charge on any atom is -0.340 e. The number of nitrogens with zero attached hydrogens (tertiary/aromatic N) is 3. The molecule has 2 heterocycles. The van der Waals surface area contributed by atoms with Crippen molar-refractivity contribution in [3.05, 3.63) is 53.9 Å². The molecular weight excluding hydrogens is 248 g/mol. The van der Waals surface area contributed by atoms with Crippen molar-refractivity contribution in [2.75, 3.05) is 5.32 Å². The van der Waals surface area contributed by atoms with Crippen LogP contribution in [0.15, 0.2) is 42.6 Å². The van der Waals surface area contributed by atoms with Gasteiger partial charge in [-0.1, -0.05) is 18.2 Å². The number of aromatic nitrogens is 3. The Bertz CT molecular complexity index is 771. The van der Waals surface area contributed by atoms with Crippen LogP contribution in [0.2, 0.25) is 0 Å². The quantitative estimate of drug-likeness (QED) is 0.785. The summed E-state index contributed by atoms with van der Waals surface area (Å²) in [6.07, 6.45) is 4.34. The fraction of sp³-hybridized carbons (Fsp3) is 0.250. The second-order valence-corrected chi connectivity index (χ2v) is 5.38. The Balaban J connectivity index is 1.77. The zero-order valence-electron chi connectivity index (χ0n) is 11.4. The summed E-state index contributed by atoms with van der Waals surface area (Å²) >= 11 is 0. The molecule has 2 aromatic heterocycles. The van der Waals surface area contributed by atoms with E-state index in [0.29, 0.717) is 5.92 Å². The molecule has 0 bridgehead atoms. The molecule has 100 valence electrons. The number of fused-ring (bicyclic) bond motifs is 1. The molecule has 20 heavy (non-hydrogen) atoms. The van der Waals surface area contributed by atoms with Gasteiger partial charge in [0.15, 0.2) is 5.65 Å². The summed E-state index contributed by atoms with van der Waals surface area (Å²) in [5.74, 6) is 1.60. The van der Waals surface area contributed by atoms with Crippen molar-refractivity contribution in [3.8, 4) is 0 Å². The molecule has 0 spiro atoms. The zero-order valence-corrected chi connectivity index (χ0v) is 11.4. The average Bonchev–Trinajstić information content (AvgIpc) is 3.21. The van der Waals surface area contributed by atoms with Gasteiger partial charge in [-0.05, 0) is 37.5 Å². The van der Waals surface area contributed by atoms with E-state index >= 15 is 0 Å². The number of hydrogen-bond donors (Lipinski definition) is 1. The van der Waals surface area contributed by atoms with Crippen molar-refractivity contribution in [1.82, 2.24) is 14.6 Å². The molecule has 1 aromatic carbocycles. The predicted molar refractivity (Wildman–Crippen MR) is 79.4 cm³/mol. The monoisotopic (exact) mass is 264 g/mol. The Hall–Kier alpha value is -2.36. The molecule has 1 N–H and O–H groups in total. The zero-order chi connectivity index (χ0) is 13.5. The largest absolute Gasteiger partial charge is 0.340 e. The van der Waals surface area contributed by atoms with Crippen LogP contribution in [0.5, 0.6) is 0 Å². The van der Waals surface area contributed by atoms with E-state index in [1.54, 1.807) is 0 Å². The highest BCUT2D eigenvalue weighted by atomic mass is 15.3. The topological polar surface area (TPSA) is 42.2 Å². The average molecular weight is 264 g/mol. The van der Waals surface area contributed by atoms with Crippen LogP contribution in [0.4, 0.5) is 11.5 Å². The van der Waals surface area contributed by atoms with Gasteiger partial charge in [0.05, 0.1) is 5.69 Å². The summed E-state index contributed by atoms with van der Waals surface area (Å²) in [4.78, 5) is 4.40.